The number of aryl methyl sites for hydroxylation is 1. The largest absolute Gasteiger partial charge is 0.479 e. The first kappa shape index (κ1) is 12.5. The number of carbonyl (C=O) groups excluding carboxylic acids is 1. The zero-order chi connectivity index (χ0) is 12.1. The molecule has 0 unspecified atom stereocenters. The monoisotopic (exact) mass is 243 g/mol. The van der Waals surface area contributed by atoms with E-state index in [0.29, 0.717) is 10.6 Å². The number of aliphatic carboxylic acids is 1. The van der Waals surface area contributed by atoms with Crippen molar-refractivity contribution in [3.05, 3.63) is 34.3 Å². The Morgan fingerprint density at radius 1 is 1.50 bits per heavy atom. The maximum atomic E-state index is 11.5. The summed E-state index contributed by atoms with van der Waals surface area (Å²) < 4.78 is 0. The van der Waals surface area contributed by atoms with Crippen LogP contribution in [0.5, 0.6) is 0 Å². The van der Waals surface area contributed by atoms with Crippen molar-refractivity contribution in [2.45, 2.75) is 6.92 Å². The molecule has 0 saturated carbocycles. The first-order valence-corrected chi connectivity index (χ1v) is 4.78. The van der Waals surface area contributed by atoms with Gasteiger partial charge in [0.1, 0.15) is 0 Å². The van der Waals surface area contributed by atoms with Crippen molar-refractivity contribution in [1.29, 1.82) is 0 Å². The number of amides is 1. The van der Waals surface area contributed by atoms with E-state index in [9.17, 15) is 9.59 Å². The zero-order valence-electron chi connectivity index (χ0n) is 8.49. The van der Waals surface area contributed by atoms with E-state index in [2.05, 4.69) is 4.84 Å². The number of hydrogen-bond acceptors (Lipinski definition) is 3. The Labute approximate surface area is 96.9 Å². The molecule has 0 heterocycles. The number of nitrogens with one attached hydrogen (secondary N) is 1. The average molecular weight is 244 g/mol. The van der Waals surface area contributed by atoms with Gasteiger partial charge in [0.25, 0.3) is 5.91 Å². The van der Waals surface area contributed by atoms with Crippen LogP contribution in [0.3, 0.4) is 0 Å². The Morgan fingerprint density at radius 2 is 2.19 bits per heavy atom. The standard InChI is InChI=1S/C10H10ClNO4/c1-6-2-3-7(11)4-8(6)10(15)12-16-5-9(13)14/h2-4H,5H2,1H3,(H,12,15)(H,13,14). The van der Waals surface area contributed by atoms with Crippen LogP contribution < -0.4 is 5.48 Å². The molecule has 0 aliphatic heterocycles. The summed E-state index contributed by atoms with van der Waals surface area (Å²) in [6, 6.07) is 4.83. The molecule has 0 atom stereocenters. The van der Waals surface area contributed by atoms with Crippen LogP contribution in [0.25, 0.3) is 0 Å². The fourth-order valence-electron chi connectivity index (χ4n) is 1.06. The van der Waals surface area contributed by atoms with Crippen LogP contribution in [-0.2, 0) is 9.63 Å². The van der Waals surface area contributed by atoms with Crippen LogP contribution in [0.1, 0.15) is 15.9 Å². The average Bonchev–Trinajstić information content (AvgIpc) is 2.21. The topological polar surface area (TPSA) is 75.6 Å². The van der Waals surface area contributed by atoms with Gasteiger partial charge < -0.3 is 5.11 Å². The van der Waals surface area contributed by atoms with Gasteiger partial charge >= 0.3 is 5.97 Å². The van der Waals surface area contributed by atoms with E-state index in [1.165, 1.54) is 6.07 Å². The third-order valence-electron chi connectivity index (χ3n) is 1.80. The molecule has 86 valence electrons. The van der Waals surface area contributed by atoms with Gasteiger partial charge in [-0.25, -0.2) is 10.3 Å². The summed E-state index contributed by atoms with van der Waals surface area (Å²) in [6.07, 6.45) is 0. The lowest BCUT2D eigenvalue weighted by Crippen LogP contribution is -2.27. The van der Waals surface area contributed by atoms with Crippen molar-refractivity contribution in [2.24, 2.45) is 0 Å². The number of halogens is 1. The Hall–Kier alpha value is -1.59. The first-order valence-electron chi connectivity index (χ1n) is 4.41. The Bertz CT molecular complexity index is 419. The van der Waals surface area contributed by atoms with Gasteiger partial charge in [-0.3, -0.25) is 9.63 Å². The molecule has 0 aromatic heterocycles. The minimum absolute atomic E-state index is 0.345. The van der Waals surface area contributed by atoms with Crippen molar-refractivity contribution >= 4 is 23.5 Å². The zero-order valence-corrected chi connectivity index (χ0v) is 9.25. The maximum Gasteiger partial charge on any atom is 0.332 e. The predicted octanol–water partition coefficient (Wildman–Crippen LogP) is 1.39. The summed E-state index contributed by atoms with van der Waals surface area (Å²) in [6.45, 7) is 1.15. The highest BCUT2D eigenvalue weighted by molar-refractivity contribution is 6.31. The van der Waals surface area contributed by atoms with Gasteiger partial charge in [0, 0.05) is 10.6 Å². The maximum absolute atomic E-state index is 11.5. The molecule has 1 rings (SSSR count). The van der Waals surface area contributed by atoms with Gasteiger partial charge in [-0.15, -0.1) is 0 Å². The van der Waals surface area contributed by atoms with Crippen molar-refractivity contribution in [3.63, 3.8) is 0 Å². The van der Waals surface area contributed by atoms with Crippen LogP contribution in [0, 0.1) is 6.92 Å². The van der Waals surface area contributed by atoms with Gasteiger partial charge in [-0.1, -0.05) is 17.7 Å². The van der Waals surface area contributed by atoms with Crippen molar-refractivity contribution in [3.8, 4) is 0 Å². The lowest BCUT2D eigenvalue weighted by Gasteiger charge is -2.06. The smallest absolute Gasteiger partial charge is 0.332 e. The normalized spacial score (nSPS) is 9.88. The second-order valence-electron chi connectivity index (χ2n) is 3.07. The molecule has 16 heavy (non-hydrogen) atoms. The van der Waals surface area contributed by atoms with Gasteiger partial charge in [0.2, 0.25) is 0 Å². The van der Waals surface area contributed by atoms with Gasteiger partial charge in [-0.2, -0.15) is 0 Å². The van der Waals surface area contributed by atoms with Crippen LogP contribution in [0.15, 0.2) is 18.2 Å². The minimum Gasteiger partial charge on any atom is -0.479 e. The Balaban J connectivity index is 2.65. The van der Waals surface area contributed by atoms with Crippen LogP contribution in [0.4, 0.5) is 0 Å². The summed E-state index contributed by atoms with van der Waals surface area (Å²) >= 11 is 5.73. The number of carboxylic acid groups (broad SMARTS) is 1. The van der Waals surface area contributed by atoms with Gasteiger partial charge in [0.15, 0.2) is 6.61 Å². The summed E-state index contributed by atoms with van der Waals surface area (Å²) in [5.41, 5.74) is 3.09. The van der Waals surface area contributed by atoms with Crippen molar-refractivity contribution < 1.29 is 19.5 Å². The third-order valence-corrected chi connectivity index (χ3v) is 2.04. The number of benzene rings is 1. The first-order chi connectivity index (χ1) is 7.50. The highest BCUT2D eigenvalue weighted by Gasteiger charge is 2.10. The molecule has 1 aromatic rings. The van der Waals surface area contributed by atoms with E-state index < -0.39 is 18.5 Å². The molecule has 6 heteroatoms. The second kappa shape index (κ2) is 5.48. The predicted molar refractivity (Wildman–Crippen MR) is 57.2 cm³/mol. The number of hydroxylamine groups is 1. The number of carboxylic acids is 1. The molecule has 0 radical (unpaired) electrons. The fourth-order valence-corrected chi connectivity index (χ4v) is 1.23. The molecule has 0 bridgehead atoms. The molecular formula is C10H10ClNO4. The van der Waals surface area contributed by atoms with Crippen LogP contribution in [0.2, 0.25) is 5.02 Å². The molecule has 0 aliphatic carbocycles. The summed E-state index contributed by atoms with van der Waals surface area (Å²) in [5, 5.41) is 8.72. The summed E-state index contributed by atoms with van der Waals surface area (Å²) in [5.74, 6) is -1.69. The quantitative estimate of drug-likeness (QED) is 0.784. The van der Waals surface area contributed by atoms with Gasteiger partial charge in [0.05, 0.1) is 0 Å². The van der Waals surface area contributed by atoms with E-state index in [1.54, 1.807) is 19.1 Å². The summed E-state index contributed by atoms with van der Waals surface area (Å²) in [4.78, 5) is 26.1. The highest BCUT2D eigenvalue weighted by Crippen LogP contribution is 2.15. The second-order valence-corrected chi connectivity index (χ2v) is 3.51. The molecule has 1 amide bonds. The SMILES string of the molecule is Cc1ccc(Cl)cc1C(=O)NOCC(=O)O. The van der Waals surface area contributed by atoms with Crippen molar-refractivity contribution in [2.75, 3.05) is 6.61 Å². The number of rotatable bonds is 4. The Kier molecular flexibility index (Phi) is 4.28. The number of hydrogen-bond donors (Lipinski definition) is 2. The van der Waals surface area contributed by atoms with Gasteiger partial charge in [-0.05, 0) is 24.6 Å². The van der Waals surface area contributed by atoms with Crippen LogP contribution in [-0.4, -0.2) is 23.6 Å². The molecule has 1 aromatic carbocycles. The van der Waals surface area contributed by atoms with E-state index in [1.807, 2.05) is 5.48 Å². The molecular weight excluding hydrogens is 234 g/mol. The van der Waals surface area contributed by atoms with E-state index >= 15 is 0 Å². The van der Waals surface area contributed by atoms with Crippen molar-refractivity contribution in [1.82, 2.24) is 5.48 Å². The third kappa shape index (κ3) is 3.52. The lowest BCUT2D eigenvalue weighted by atomic mass is 10.1. The molecule has 0 fully saturated rings. The van der Waals surface area contributed by atoms with Crippen LogP contribution >= 0.6 is 11.6 Å². The van der Waals surface area contributed by atoms with E-state index in [-0.39, 0.29) is 0 Å². The molecule has 2 N–H and O–H groups in total. The molecule has 5 nitrogen and oxygen atoms in total. The van der Waals surface area contributed by atoms with E-state index in [0.717, 1.165) is 5.56 Å². The molecule has 0 spiro atoms. The Morgan fingerprint density at radius 3 is 2.81 bits per heavy atom. The highest BCUT2D eigenvalue weighted by atomic mass is 35.5. The minimum atomic E-state index is -1.16. The summed E-state index contributed by atoms with van der Waals surface area (Å²) in [7, 11) is 0. The fraction of sp³-hybridized carbons (Fsp3) is 0.200. The molecule has 0 aliphatic rings. The van der Waals surface area contributed by atoms with E-state index in [4.69, 9.17) is 16.7 Å². The lowest BCUT2D eigenvalue weighted by molar-refractivity contribution is -0.144. The number of carbonyl (C=O) groups is 2. The molecule has 0 saturated heterocycles.